The molecular weight excluding hydrogens is 447 g/mol. The molecule has 1 aliphatic rings. The van der Waals surface area contributed by atoms with Gasteiger partial charge in [-0.2, -0.15) is 0 Å². The van der Waals surface area contributed by atoms with E-state index in [-0.39, 0.29) is 17.8 Å². The van der Waals surface area contributed by atoms with Gasteiger partial charge in [0.25, 0.3) is 5.91 Å². The zero-order chi connectivity index (χ0) is 21.3. The number of oxime groups is 1. The van der Waals surface area contributed by atoms with Crippen LogP contribution in [0.5, 0.6) is 0 Å². The molecule has 4 rings (SSSR count). The molecule has 30 heavy (non-hydrogen) atoms. The van der Waals surface area contributed by atoms with Crippen molar-refractivity contribution >= 4 is 58.1 Å². The van der Waals surface area contributed by atoms with Gasteiger partial charge in [0.2, 0.25) is 0 Å². The summed E-state index contributed by atoms with van der Waals surface area (Å²) in [5.74, 6) is -1.09. The van der Waals surface area contributed by atoms with Crippen molar-refractivity contribution in [3.8, 4) is 0 Å². The Morgan fingerprint density at radius 3 is 2.37 bits per heavy atom. The lowest BCUT2D eigenvalue weighted by Gasteiger charge is -2.17. The maximum absolute atomic E-state index is 13.1. The molecule has 150 valence electrons. The van der Waals surface area contributed by atoms with E-state index in [0.717, 1.165) is 5.56 Å². The first-order valence-electron chi connectivity index (χ1n) is 8.84. The van der Waals surface area contributed by atoms with E-state index in [1.54, 1.807) is 48.5 Å². The van der Waals surface area contributed by atoms with E-state index >= 15 is 0 Å². The number of hydrogen-bond acceptors (Lipinski definition) is 4. The number of amides is 1. The summed E-state index contributed by atoms with van der Waals surface area (Å²) in [4.78, 5) is 31.9. The minimum atomic E-state index is -0.691. The van der Waals surface area contributed by atoms with Gasteiger partial charge in [0.15, 0.2) is 5.71 Å². The largest absolute Gasteiger partial charge is 0.365 e. The summed E-state index contributed by atoms with van der Waals surface area (Å²) in [6.45, 7) is 0.218. The first-order valence-corrected chi connectivity index (χ1v) is 9.97. The molecule has 1 amide bonds. The van der Waals surface area contributed by atoms with Gasteiger partial charge in [0.05, 0.1) is 17.8 Å². The van der Waals surface area contributed by atoms with Crippen LogP contribution in [0.2, 0.25) is 15.1 Å². The minimum absolute atomic E-state index is 0.0398. The second-order valence-electron chi connectivity index (χ2n) is 6.47. The number of rotatable bonds is 4. The number of hydrogen-bond donors (Lipinski definition) is 0. The second-order valence-corrected chi connectivity index (χ2v) is 7.75. The van der Waals surface area contributed by atoms with Crippen LogP contribution < -0.4 is 4.90 Å². The lowest BCUT2D eigenvalue weighted by molar-refractivity contribution is -0.112. The molecule has 0 atom stereocenters. The highest BCUT2D eigenvalue weighted by Crippen LogP contribution is 2.32. The molecule has 0 radical (unpaired) electrons. The molecule has 3 aromatic rings. The highest BCUT2D eigenvalue weighted by Gasteiger charge is 2.35. The molecule has 1 aliphatic heterocycles. The SMILES string of the molecule is O=C(O/N=C1\C(=O)N(Cc2ccc(Cl)cc2Cl)c2ccccc21)c1ccc(Cl)cc1. The Labute approximate surface area is 187 Å². The van der Waals surface area contributed by atoms with Crippen LogP contribution in [0, 0.1) is 0 Å². The van der Waals surface area contributed by atoms with Gasteiger partial charge in [-0.15, -0.1) is 0 Å². The molecule has 1 heterocycles. The van der Waals surface area contributed by atoms with E-state index in [0.29, 0.717) is 26.3 Å². The van der Waals surface area contributed by atoms with E-state index in [9.17, 15) is 9.59 Å². The molecule has 0 unspecified atom stereocenters. The number of halogens is 3. The normalized spacial score (nSPS) is 14.2. The van der Waals surface area contributed by atoms with Gasteiger partial charge in [0.1, 0.15) is 0 Å². The predicted octanol–water partition coefficient (Wildman–Crippen LogP) is 5.75. The lowest BCUT2D eigenvalue weighted by Crippen LogP contribution is -2.30. The van der Waals surface area contributed by atoms with Gasteiger partial charge >= 0.3 is 5.97 Å². The monoisotopic (exact) mass is 458 g/mol. The zero-order valence-electron chi connectivity index (χ0n) is 15.3. The number of para-hydroxylation sites is 1. The molecule has 8 heteroatoms. The topological polar surface area (TPSA) is 59.0 Å². The fourth-order valence-corrected chi connectivity index (χ4v) is 3.65. The Balaban J connectivity index is 1.62. The molecule has 0 fully saturated rings. The van der Waals surface area contributed by atoms with Crippen molar-refractivity contribution in [2.24, 2.45) is 5.16 Å². The van der Waals surface area contributed by atoms with E-state index < -0.39 is 11.9 Å². The Bertz CT molecular complexity index is 1180. The summed E-state index contributed by atoms with van der Waals surface area (Å²) < 4.78 is 0. The van der Waals surface area contributed by atoms with Crippen molar-refractivity contribution in [1.29, 1.82) is 0 Å². The van der Waals surface area contributed by atoms with Crippen LogP contribution in [-0.4, -0.2) is 17.6 Å². The summed E-state index contributed by atoms with van der Waals surface area (Å²) in [6.07, 6.45) is 0. The van der Waals surface area contributed by atoms with Crippen molar-refractivity contribution in [2.75, 3.05) is 4.90 Å². The molecule has 3 aromatic carbocycles. The van der Waals surface area contributed by atoms with Gasteiger partial charge in [0, 0.05) is 20.6 Å². The van der Waals surface area contributed by atoms with Crippen LogP contribution >= 0.6 is 34.8 Å². The number of fused-ring (bicyclic) bond motifs is 1. The third kappa shape index (κ3) is 4.05. The molecule has 0 spiro atoms. The van der Waals surface area contributed by atoms with Crippen molar-refractivity contribution in [3.05, 3.63) is 98.5 Å². The lowest BCUT2D eigenvalue weighted by atomic mass is 10.1. The van der Waals surface area contributed by atoms with Crippen LogP contribution in [0.4, 0.5) is 5.69 Å². The van der Waals surface area contributed by atoms with Crippen LogP contribution in [0.25, 0.3) is 0 Å². The zero-order valence-corrected chi connectivity index (χ0v) is 17.6. The van der Waals surface area contributed by atoms with Gasteiger partial charge in [-0.1, -0.05) is 64.2 Å². The average Bonchev–Trinajstić information content (AvgIpc) is 3.00. The third-order valence-electron chi connectivity index (χ3n) is 4.54. The number of anilines is 1. The Kier molecular flexibility index (Phi) is 5.77. The molecule has 0 aliphatic carbocycles. The fourth-order valence-electron chi connectivity index (χ4n) is 3.05. The molecule has 0 N–H and O–H groups in total. The first kappa shape index (κ1) is 20.4. The Morgan fingerprint density at radius 2 is 1.63 bits per heavy atom. The van der Waals surface area contributed by atoms with Crippen molar-refractivity contribution in [1.82, 2.24) is 0 Å². The summed E-state index contributed by atoms with van der Waals surface area (Å²) >= 11 is 18.1. The first-order chi connectivity index (χ1) is 14.4. The van der Waals surface area contributed by atoms with E-state index in [1.165, 1.54) is 17.0 Å². The maximum atomic E-state index is 13.1. The smallest absolute Gasteiger partial charge is 0.312 e. The molecule has 0 saturated carbocycles. The summed E-state index contributed by atoms with van der Waals surface area (Å²) in [7, 11) is 0. The van der Waals surface area contributed by atoms with Crippen molar-refractivity contribution in [2.45, 2.75) is 6.54 Å². The second kappa shape index (κ2) is 8.48. The standard InChI is InChI=1S/C22H13Cl3N2O3/c23-15-8-5-13(6-9-15)22(29)30-26-20-17-3-1-2-4-19(17)27(21(20)28)12-14-7-10-16(24)11-18(14)25/h1-11H,12H2/b26-20-. The predicted molar refractivity (Wildman–Crippen MR) is 117 cm³/mol. The van der Waals surface area contributed by atoms with E-state index in [1.807, 2.05) is 6.07 Å². The van der Waals surface area contributed by atoms with Gasteiger partial charge in [-0.05, 0) is 48.0 Å². The number of benzene rings is 3. The van der Waals surface area contributed by atoms with Crippen LogP contribution in [0.15, 0.2) is 71.9 Å². The van der Waals surface area contributed by atoms with Crippen molar-refractivity contribution < 1.29 is 14.4 Å². The number of carbonyl (C=O) groups is 2. The minimum Gasteiger partial charge on any atom is -0.312 e. The van der Waals surface area contributed by atoms with Crippen LogP contribution in [0.3, 0.4) is 0 Å². The van der Waals surface area contributed by atoms with E-state index in [2.05, 4.69) is 5.16 Å². The summed E-state index contributed by atoms with van der Waals surface area (Å²) in [5.41, 5.74) is 2.25. The molecule has 0 bridgehead atoms. The van der Waals surface area contributed by atoms with Crippen LogP contribution in [0.1, 0.15) is 21.5 Å². The molecule has 0 aromatic heterocycles. The molecule has 5 nitrogen and oxygen atoms in total. The van der Waals surface area contributed by atoms with Gasteiger partial charge < -0.3 is 9.74 Å². The Morgan fingerprint density at radius 1 is 0.933 bits per heavy atom. The highest BCUT2D eigenvalue weighted by molar-refractivity contribution is 6.54. The van der Waals surface area contributed by atoms with Gasteiger partial charge in [-0.25, -0.2) is 4.79 Å². The fraction of sp³-hybridized carbons (Fsp3) is 0.0455. The summed E-state index contributed by atoms with van der Waals surface area (Å²) in [6, 6.07) is 18.4. The highest BCUT2D eigenvalue weighted by atomic mass is 35.5. The average molecular weight is 460 g/mol. The molecule has 0 saturated heterocycles. The van der Waals surface area contributed by atoms with Gasteiger partial charge in [-0.3, -0.25) is 4.79 Å². The Hall–Kier alpha value is -2.86. The van der Waals surface area contributed by atoms with Crippen LogP contribution in [-0.2, 0) is 16.2 Å². The maximum Gasteiger partial charge on any atom is 0.365 e. The quantitative estimate of drug-likeness (QED) is 0.368. The summed E-state index contributed by atoms with van der Waals surface area (Å²) in [5, 5.41) is 5.32. The number of nitrogens with zero attached hydrogens (tertiary/aromatic N) is 2. The molecular formula is C22H13Cl3N2O3. The van der Waals surface area contributed by atoms with Crippen molar-refractivity contribution in [3.63, 3.8) is 0 Å². The van der Waals surface area contributed by atoms with E-state index in [4.69, 9.17) is 39.6 Å². The number of carbonyl (C=O) groups excluding carboxylic acids is 2. The third-order valence-corrected chi connectivity index (χ3v) is 5.38.